The maximum atomic E-state index is 5.84. The second-order valence-corrected chi connectivity index (χ2v) is 5.15. The van der Waals surface area contributed by atoms with E-state index < -0.39 is 0 Å². The summed E-state index contributed by atoms with van der Waals surface area (Å²) < 4.78 is 7.82. The minimum Gasteiger partial charge on any atom is -0.487 e. The van der Waals surface area contributed by atoms with Gasteiger partial charge in [-0.25, -0.2) is 0 Å². The van der Waals surface area contributed by atoms with Crippen LogP contribution in [0, 0.1) is 6.92 Å². The van der Waals surface area contributed by atoms with Crippen LogP contribution < -0.4 is 10.5 Å². The largest absolute Gasteiger partial charge is 0.487 e. The molecule has 2 rings (SSSR count). The number of benzene rings is 1. The molecule has 0 saturated heterocycles. The number of nitrogens with two attached hydrogens (primary N) is 1. The molecule has 2 N–H and O–H groups in total. The van der Waals surface area contributed by atoms with Crippen LogP contribution in [0.4, 0.5) is 0 Å². The first-order valence-corrected chi connectivity index (χ1v) is 7.10. The Balaban J connectivity index is 2.03. The standard InChI is InChI=1S/C16H23N3O/c1-4-13(3)19-8-7-15(18-19)11-20-16-6-5-12(2)9-14(16)10-17/h5-9,13H,4,10-11,17H2,1-3H3. The van der Waals surface area contributed by atoms with Gasteiger partial charge in [-0.3, -0.25) is 4.68 Å². The van der Waals surface area contributed by atoms with Gasteiger partial charge in [0.2, 0.25) is 0 Å². The molecule has 2 aromatic rings. The molecule has 1 aromatic carbocycles. The number of nitrogens with zero attached hydrogens (tertiary/aromatic N) is 2. The van der Waals surface area contributed by atoms with Crippen molar-refractivity contribution < 1.29 is 4.74 Å². The van der Waals surface area contributed by atoms with Crippen molar-refractivity contribution in [1.82, 2.24) is 9.78 Å². The molecule has 0 radical (unpaired) electrons. The molecule has 1 aromatic heterocycles. The quantitative estimate of drug-likeness (QED) is 0.879. The molecule has 1 heterocycles. The lowest BCUT2D eigenvalue weighted by Gasteiger charge is -2.11. The zero-order valence-corrected chi connectivity index (χ0v) is 12.5. The number of hydrogen-bond donors (Lipinski definition) is 1. The molecule has 0 fully saturated rings. The normalized spacial score (nSPS) is 12.4. The molecular weight excluding hydrogens is 250 g/mol. The first-order valence-electron chi connectivity index (χ1n) is 7.10. The van der Waals surface area contributed by atoms with Crippen LogP contribution in [-0.4, -0.2) is 9.78 Å². The Morgan fingerprint density at radius 1 is 1.35 bits per heavy atom. The summed E-state index contributed by atoms with van der Waals surface area (Å²) >= 11 is 0. The van der Waals surface area contributed by atoms with Crippen molar-refractivity contribution in [3.8, 4) is 5.75 Å². The van der Waals surface area contributed by atoms with E-state index in [1.165, 1.54) is 5.56 Å². The smallest absolute Gasteiger partial charge is 0.132 e. The first-order chi connectivity index (χ1) is 9.63. The monoisotopic (exact) mass is 273 g/mol. The molecule has 0 aliphatic carbocycles. The van der Waals surface area contributed by atoms with Crippen LogP contribution in [-0.2, 0) is 13.2 Å². The minimum atomic E-state index is 0.419. The molecule has 4 nitrogen and oxygen atoms in total. The summed E-state index contributed by atoms with van der Waals surface area (Å²) in [7, 11) is 0. The highest BCUT2D eigenvalue weighted by Crippen LogP contribution is 2.20. The summed E-state index contributed by atoms with van der Waals surface area (Å²) in [6, 6.07) is 8.49. The van der Waals surface area contributed by atoms with Gasteiger partial charge in [0.05, 0.1) is 5.69 Å². The molecule has 0 aliphatic rings. The average Bonchev–Trinajstić information content (AvgIpc) is 2.93. The van der Waals surface area contributed by atoms with Gasteiger partial charge in [0.25, 0.3) is 0 Å². The molecule has 108 valence electrons. The van der Waals surface area contributed by atoms with E-state index in [0.29, 0.717) is 19.2 Å². The second-order valence-electron chi connectivity index (χ2n) is 5.15. The highest BCUT2D eigenvalue weighted by molar-refractivity contribution is 5.36. The molecule has 20 heavy (non-hydrogen) atoms. The maximum Gasteiger partial charge on any atom is 0.132 e. The Morgan fingerprint density at radius 3 is 2.85 bits per heavy atom. The van der Waals surface area contributed by atoms with E-state index in [9.17, 15) is 0 Å². The fraction of sp³-hybridized carbons (Fsp3) is 0.438. The molecular formula is C16H23N3O. The molecule has 0 bridgehead atoms. The van der Waals surface area contributed by atoms with Gasteiger partial charge in [-0.1, -0.05) is 24.6 Å². The summed E-state index contributed by atoms with van der Waals surface area (Å²) in [5.74, 6) is 0.844. The predicted octanol–water partition coefficient (Wildman–Crippen LogP) is 3.20. The Morgan fingerprint density at radius 2 is 2.15 bits per heavy atom. The number of aryl methyl sites for hydroxylation is 1. The van der Waals surface area contributed by atoms with Crippen LogP contribution in [0.1, 0.15) is 43.1 Å². The van der Waals surface area contributed by atoms with E-state index in [2.05, 4.69) is 31.9 Å². The fourth-order valence-corrected chi connectivity index (χ4v) is 2.05. The van der Waals surface area contributed by atoms with E-state index in [-0.39, 0.29) is 0 Å². The van der Waals surface area contributed by atoms with Crippen LogP contribution in [0.5, 0.6) is 5.75 Å². The van der Waals surface area contributed by atoms with E-state index in [1.807, 2.05) is 29.1 Å². The van der Waals surface area contributed by atoms with Crippen LogP contribution in [0.2, 0.25) is 0 Å². The number of rotatable bonds is 6. The van der Waals surface area contributed by atoms with E-state index in [0.717, 1.165) is 23.4 Å². The molecule has 0 spiro atoms. The molecule has 4 heteroatoms. The molecule has 0 aliphatic heterocycles. The summed E-state index contributed by atoms with van der Waals surface area (Å²) in [4.78, 5) is 0. The predicted molar refractivity (Wildman–Crippen MR) is 80.6 cm³/mol. The Labute approximate surface area is 120 Å². The lowest BCUT2D eigenvalue weighted by atomic mass is 10.1. The third kappa shape index (κ3) is 3.39. The van der Waals surface area contributed by atoms with Crippen molar-refractivity contribution in [3.05, 3.63) is 47.3 Å². The van der Waals surface area contributed by atoms with Gasteiger partial charge in [-0.05, 0) is 32.4 Å². The summed E-state index contributed by atoms with van der Waals surface area (Å²) in [6.45, 7) is 7.32. The van der Waals surface area contributed by atoms with Crippen LogP contribution in [0.15, 0.2) is 30.5 Å². The number of hydrogen-bond acceptors (Lipinski definition) is 3. The van der Waals surface area contributed by atoms with Gasteiger partial charge in [0, 0.05) is 24.3 Å². The van der Waals surface area contributed by atoms with E-state index >= 15 is 0 Å². The molecule has 0 amide bonds. The van der Waals surface area contributed by atoms with Crippen molar-refractivity contribution in [3.63, 3.8) is 0 Å². The van der Waals surface area contributed by atoms with Gasteiger partial charge in [-0.2, -0.15) is 5.10 Å². The SMILES string of the molecule is CCC(C)n1ccc(COc2ccc(C)cc2CN)n1. The van der Waals surface area contributed by atoms with Gasteiger partial charge in [0.15, 0.2) is 0 Å². The minimum absolute atomic E-state index is 0.419. The number of aromatic nitrogens is 2. The Hall–Kier alpha value is -1.81. The topological polar surface area (TPSA) is 53.1 Å². The van der Waals surface area contributed by atoms with Crippen molar-refractivity contribution in [2.24, 2.45) is 5.73 Å². The van der Waals surface area contributed by atoms with Crippen molar-refractivity contribution in [1.29, 1.82) is 0 Å². The fourth-order valence-electron chi connectivity index (χ4n) is 2.05. The summed E-state index contributed by atoms with van der Waals surface area (Å²) in [6.07, 6.45) is 3.07. The van der Waals surface area contributed by atoms with Crippen molar-refractivity contribution in [2.45, 2.75) is 46.4 Å². The van der Waals surface area contributed by atoms with Crippen LogP contribution in [0.25, 0.3) is 0 Å². The lowest BCUT2D eigenvalue weighted by Crippen LogP contribution is -2.06. The molecule has 1 unspecified atom stereocenters. The van der Waals surface area contributed by atoms with E-state index in [1.54, 1.807) is 0 Å². The Bertz CT molecular complexity index is 563. The highest BCUT2D eigenvalue weighted by Gasteiger charge is 2.07. The second kappa shape index (κ2) is 6.57. The van der Waals surface area contributed by atoms with Crippen LogP contribution in [0.3, 0.4) is 0 Å². The van der Waals surface area contributed by atoms with Crippen molar-refractivity contribution >= 4 is 0 Å². The lowest BCUT2D eigenvalue weighted by molar-refractivity contribution is 0.295. The van der Waals surface area contributed by atoms with Gasteiger partial charge < -0.3 is 10.5 Å². The maximum absolute atomic E-state index is 5.84. The van der Waals surface area contributed by atoms with Gasteiger partial charge in [0.1, 0.15) is 12.4 Å². The van der Waals surface area contributed by atoms with Gasteiger partial charge in [-0.15, -0.1) is 0 Å². The van der Waals surface area contributed by atoms with E-state index in [4.69, 9.17) is 10.5 Å². The van der Waals surface area contributed by atoms with Crippen LogP contribution >= 0.6 is 0 Å². The molecule has 0 saturated carbocycles. The zero-order chi connectivity index (χ0) is 14.5. The first kappa shape index (κ1) is 14.6. The van der Waals surface area contributed by atoms with Crippen molar-refractivity contribution in [2.75, 3.05) is 0 Å². The van der Waals surface area contributed by atoms with Gasteiger partial charge >= 0.3 is 0 Å². The summed E-state index contributed by atoms with van der Waals surface area (Å²) in [5.41, 5.74) is 8.92. The third-order valence-electron chi connectivity index (χ3n) is 3.52. The highest BCUT2D eigenvalue weighted by atomic mass is 16.5. The Kier molecular flexibility index (Phi) is 4.79. The average molecular weight is 273 g/mol. The molecule has 1 atom stereocenters. The number of ether oxygens (including phenoxy) is 1. The third-order valence-corrected chi connectivity index (χ3v) is 3.52. The summed E-state index contributed by atoms with van der Waals surface area (Å²) in [5, 5.41) is 4.53. The zero-order valence-electron chi connectivity index (χ0n) is 12.5.